The molecule has 96 valence electrons. The normalized spacial score (nSPS) is 12.8. The summed E-state index contributed by atoms with van der Waals surface area (Å²) in [6.07, 6.45) is 1.20. The van der Waals surface area contributed by atoms with Gasteiger partial charge in [-0.25, -0.2) is 0 Å². The minimum atomic E-state index is -0.405. The molecule has 17 heavy (non-hydrogen) atoms. The zero-order valence-corrected chi connectivity index (χ0v) is 11.0. The highest BCUT2D eigenvalue weighted by Gasteiger charge is 2.19. The predicted octanol–water partition coefficient (Wildman–Crippen LogP) is 2.30. The van der Waals surface area contributed by atoms with Crippen LogP contribution in [0.15, 0.2) is 22.8 Å². The van der Waals surface area contributed by atoms with Gasteiger partial charge in [0.25, 0.3) is 5.91 Å². The van der Waals surface area contributed by atoms with E-state index in [9.17, 15) is 4.79 Å². The fourth-order valence-electron chi connectivity index (χ4n) is 1.43. The highest BCUT2D eigenvalue weighted by molar-refractivity contribution is 5.80. The topological polar surface area (TPSA) is 42.7 Å². The second kappa shape index (κ2) is 6.45. The van der Waals surface area contributed by atoms with Crippen LogP contribution in [0.1, 0.15) is 26.5 Å². The van der Waals surface area contributed by atoms with Gasteiger partial charge in [0.05, 0.1) is 12.8 Å². The Morgan fingerprint density at radius 1 is 1.47 bits per heavy atom. The second-order valence-electron chi connectivity index (χ2n) is 4.64. The van der Waals surface area contributed by atoms with Crippen LogP contribution in [0.25, 0.3) is 0 Å². The number of nitrogens with zero attached hydrogens (tertiary/aromatic N) is 1. The molecule has 0 saturated carbocycles. The Kier molecular flexibility index (Phi) is 5.22. The molecule has 0 aliphatic rings. The Balaban J connectivity index is 2.40. The van der Waals surface area contributed by atoms with Gasteiger partial charge in [-0.1, -0.05) is 13.8 Å². The van der Waals surface area contributed by atoms with Crippen molar-refractivity contribution in [3.05, 3.63) is 24.2 Å². The van der Waals surface area contributed by atoms with Crippen molar-refractivity contribution < 1.29 is 13.9 Å². The third-order valence-electron chi connectivity index (χ3n) is 2.38. The summed E-state index contributed by atoms with van der Waals surface area (Å²) in [6.45, 7) is 6.97. The Hall–Kier alpha value is -1.29. The monoisotopic (exact) mass is 239 g/mol. The molecule has 0 saturated heterocycles. The fraction of sp³-hybridized carbons (Fsp3) is 0.615. The van der Waals surface area contributed by atoms with Crippen LogP contribution >= 0.6 is 0 Å². The Morgan fingerprint density at radius 2 is 2.18 bits per heavy atom. The van der Waals surface area contributed by atoms with Crippen molar-refractivity contribution in [3.63, 3.8) is 0 Å². The molecule has 1 rings (SSSR count). The van der Waals surface area contributed by atoms with Crippen molar-refractivity contribution in [2.24, 2.45) is 5.92 Å². The molecule has 1 heterocycles. The van der Waals surface area contributed by atoms with Gasteiger partial charge in [-0.3, -0.25) is 4.79 Å². The average Bonchev–Trinajstić information content (AvgIpc) is 2.77. The van der Waals surface area contributed by atoms with E-state index in [1.165, 1.54) is 0 Å². The first-order valence-electron chi connectivity index (χ1n) is 5.89. The van der Waals surface area contributed by atoms with Crippen molar-refractivity contribution in [1.29, 1.82) is 0 Å². The van der Waals surface area contributed by atoms with E-state index in [2.05, 4.69) is 13.8 Å². The molecule has 0 aliphatic carbocycles. The van der Waals surface area contributed by atoms with Gasteiger partial charge in [-0.05, 0) is 25.0 Å². The first-order chi connectivity index (χ1) is 8.00. The molecule has 0 N–H and O–H groups in total. The number of hydrogen-bond donors (Lipinski definition) is 0. The van der Waals surface area contributed by atoms with Gasteiger partial charge in [0, 0.05) is 13.7 Å². The smallest absolute Gasteiger partial charge is 0.251 e. The van der Waals surface area contributed by atoms with Crippen molar-refractivity contribution in [1.82, 2.24) is 4.90 Å². The van der Waals surface area contributed by atoms with Crippen LogP contribution in [0.2, 0.25) is 0 Å². The Bertz CT molecular complexity index is 332. The number of rotatable bonds is 6. The van der Waals surface area contributed by atoms with Gasteiger partial charge in [0.15, 0.2) is 0 Å². The van der Waals surface area contributed by atoms with Crippen LogP contribution in [0.5, 0.6) is 0 Å². The zero-order valence-electron chi connectivity index (χ0n) is 11.0. The van der Waals surface area contributed by atoms with Crippen LogP contribution in [0.3, 0.4) is 0 Å². The molecule has 0 aliphatic heterocycles. The largest absolute Gasteiger partial charge is 0.467 e. The molecule has 0 unspecified atom stereocenters. The van der Waals surface area contributed by atoms with Crippen LogP contribution in [0, 0.1) is 5.92 Å². The molecule has 0 bridgehead atoms. The number of carbonyl (C=O) groups is 1. The second-order valence-corrected chi connectivity index (χ2v) is 4.64. The van der Waals surface area contributed by atoms with Crippen molar-refractivity contribution in [2.75, 3.05) is 13.7 Å². The Morgan fingerprint density at radius 3 is 2.71 bits per heavy atom. The minimum Gasteiger partial charge on any atom is -0.467 e. The summed E-state index contributed by atoms with van der Waals surface area (Å²) in [5.41, 5.74) is 0. The first-order valence-corrected chi connectivity index (χ1v) is 5.89. The van der Waals surface area contributed by atoms with E-state index in [1.807, 2.05) is 12.1 Å². The molecule has 1 atom stereocenters. The maximum absolute atomic E-state index is 11.9. The molecule has 0 spiro atoms. The number of likely N-dealkylation sites (N-methyl/N-ethyl adjacent to an activating group) is 1. The number of ether oxygens (including phenoxy) is 1. The Labute approximate surface area is 103 Å². The summed E-state index contributed by atoms with van der Waals surface area (Å²) in [5, 5.41) is 0. The van der Waals surface area contributed by atoms with E-state index >= 15 is 0 Å². The molecule has 4 heteroatoms. The quantitative estimate of drug-likeness (QED) is 0.765. The van der Waals surface area contributed by atoms with E-state index < -0.39 is 6.10 Å². The molecular formula is C13H21NO3. The van der Waals surface area contributed by atoms with E-state index in [-0.39, 0.29) is 5.91 Å². The van der Waals surface area contributed by atoms with Crippen LogP contribution in [-0.4, -0.2) is 30.6 Å². The minimum absolute atomic E-state index is 0.0259. The number of amides is 1. The van der Waals surface area contributed by atoms with Crippen molar-refractivity contribution in [2.45, 2.75) is 33.4 Å². The lowest BCUT2D eigenvalue weighted by atomic mass is 10.2. The van der Waals surface area contributed by atoms with Gasteiger partial charge in [0.2, 0.25) is 0 Å². The maximum Gasteiger partial charge on any atom is 0.251 e. The van der Waals surface area contributed by atoms with E-state index in [0.717, 1.165) is 5.76 Å². The lowest BCUT2D eigenvalue weighted by molar-refractivity contribution is -0.142. The summed E-state index contributed by atoms with van der Waals surface area (Å²) < 4.78 is 10.7. The number of furan rings is 1. The standard InChI is InChI=1S/C13H21NO3/c1-10(2)9-17-11(3)13(15)14(4)8-12-6-5-7-16-12/h5-7,10-11H,8-9H2,1-4H3/t11-/m0/s1. The molecule has 0 radical (unpaired) electrons. The molecule has 4 nitrogen and oxygen atoms in total. The predicted molar refractivity (Wildman–Crippen MR) is 65.4 cm³/mol. The summed E-state index contributed by atoms with van der Waals surface area (Å²) >= 11 is 0. The highest BCUT2D eigenvalue weighted by Crippen LogP contribution is 2.07. The molecule has 1 aromatic rings. The third kappa shape index (κ3) is 4.61. The van der Waals surface area contributed by atoms with Crippen LogP contribution in [0.4, 0.5) is 0 Å². The summed E-state index contributed by atoms with van der Waals surface area (Å²) in [7, 11) is 1.75. The highest BCUT2D eigenvalue weighted by atomic mass is 16.5. The average molecular weight is 239 g/mol. The summed E-state index contributed by atoms with van der Waals surface area (Å²) in [6, 6.07) is 3.66. The van der Waals surface area contributed by atoms with Crippen LogP contribution < -0.4 is 0 Å². The molecule has 0 aromatic carbocycles. The van der Waals surface area contributed by atoms with Gasteiger partial charge in [-0.2, -0.15) is 0 Å². The van der Waals surface area contributed by atoms with Gasteiger partial charge >= 0.3 is 0 Å². The first kappa shape index (κ1) is 13.8. The van der Waals surface area contributed by atoms with E-state index in [4.69, 9.17) is 9.15 Å². The van der Waals surface area contributed by atoms with E-state index in [1.54, 1.807) is 25.1 Å². The van der Waals surface area contributed by atoms with Crippen molar-refractivity contribution in [3.8, 4) is 0 Å². The maximum atomic E-state index is 11.9. The van der Waals surface area contributed by atoms with E-state index in [0.29, 0.717) is 19.1 Å². The third-order valence-corrected chi connectivity index (χ3v) is 2.38. The zero-order chi connectivity index (χ0) is 12.8. The fourth-order valence-corrected chi connectivity index (χ4v) is 1.43. The van der Waals surface area contributed by atoms with Gasteiger partial charge in [0.1, 0.15) is 11.9 Å². The lowest BCUT2D eigenvalue weighted by Gasteiger charge is -2.21. The van der Waals surface area contributed by atoms with Crippen molar-refractivity contribution >= 4 is 5.91 Å². The van der Waals surface area contributed by atoms with Crippen LogP contribution in [-0.2, 0) is 16.1 Å². The van der Waals surface area contributed by atoms with Gasteiger partial charge < -0.3 is 14.1 Å². The summed E-state index contributed by atoms with van der Waals surface area (Å²) in [5.74, 6) is 1.18. The molecule has 1 amide bonds. The summed E-state index contributed by atoms with van der Waals surface area (Å²) in [4.78, 5) is 13.6. The molecule has 0 fully saturated rings. The molecule has 1 aromatic heterocycles. The molecular weight excluding hydrogens is 218 g/mol. The van der Waals surface area contributed by atoms with Gasteiger partial charge in [-0.15, -0.1) is 0 Å². The SMILES string of the molecule is CC(C)CO[C@@H](C)C(=O)N(C)Cc1ccco1. The number of carbonyl (C=O) groups excluding carboxylic acids is 1. The number of hydrogen-bond acceptors (Lipinski definition) is 3. The lowest BCUT2D eigenvalue weighted by Crippen LogP contribution is -2.36.